The monoisotopic (exact) mass is 478 g/mol. The van der Waals surface area contributed by atoms with E-state index in [4.69, 9.17) is 4.74 Å². The Bertz CT molecular complexity index is 559. The highest BCUT2D eigenvalue weighted by Gasteiger charge is 2.23. The average molecular weight is 478 g/mol. The third-order valence-corrected chi connectivity index (χ3v) is 6.17. The molecule has 2 aliphatic heterocycles. The maximum Gasteiger partial charge on any atom is 0.193 e. The third-order valence-electron chi connectivity index (χ3n) is 5.15. The van der Waals surface area contributed by atoms with Crippen molar-refractivity contribution in [2.75, 3.05) is 46.9 Å². The largest absolute Gasteiger partial charge is 0.381 e. The van der Waals surface area contributed by atoms with E-state index in [2.05, 4.69) is 45.5 Å². The summed E-state index contributed by atoms with van der Waals surface area (Å²) in [7, 11) is 3.99. The van der Waals surface area contributed by atoms with Crippen LogP contribution in [0.15, 0.2) is 16.4 Å². The summed E-state index contributed by atoms with van der Waals surface area (Å²) in [5.41, 5.74) is 1.51. The molecular formula is C18H31IN4OS. The summed E-state index contributed by atoms with van der Waals surface area (Å²) in [5, 5.41) is 5.78. The fourth-order valence-electron chi connectivity index (χ4n) is 3.60. The number of hydrogen-bond donors (Lipinski definition) is 1. The van der Waals surface area contributed by atoms with Crippen molar-refractivity contribution in [3.05, 3.63) is 21.9 Å². The number of aliphatic imine (C=N–C) groups is 1. The molecule has 0 aromatic carbocycles. The number of nitrogens with one attached hydrogen (secondary N) is 1. The predicted molar refractivity (Wildman–Crippen MR) is 116 cm³/mol. The first kappa shape index (κ1) is 20.9. The Morgan fingerprint density at radius 1 is 1.56 bits per heavy atom. The molecule has 0 spiro atoms. The van der Waals surface area contributed by atoms with Crippen LogP contribution in [0, 0.1) is 5.92 Å². The molecule has 3 rings (SSSR count). The Kier molecular flexibility index (Phi) is 8.44. The summed E-state index contributed by atoms with van der Waals surface area (Å²) in [6.07, 6.45) is 2.35. The molecule has 0 bridgehead atoms. The summed E-state index contributed by atoms with van der Waals surface area (Å²) >= 11 is 1.90. The zero-order valence-electron chi connectivity index (χ0n) is 15.5. The quantitative estimate of drug-likeness (QED) is 0.402. The Morgan fingerprint density at radius 3 is 3.12 bits per heavy atom. The van der Waals surface area contributed by atoms with Crippen LogP contribution in [-0.2, 0) is 17.7 Å². The fourth-order valence-corrected chi connectivity index (χ4v) is 4.49. The van der Waals surface area contributed by atoms with Crippen molar-refractivity contribution in [2.24, 2.45) is 10.9 Å². The molecule has 5 nitrogen and oxygen atoms in total. The first-order valence-electron chi connectivity index (χ1n) is 8.96. The predicted octanol–water partition coefficient (Wildman–Crippen LogP) is 2.66. The van der Waals surface area contributed by atoms with Gasteiger partial charge in [-0.2, -0.15) is 0 Å². The van der Waals surface area contributed by atoms with Gasteiger partial charge in [0.1, 0.15) is 0 Å². The number of halogens is 1. The molecule has 3 heterocycles. The van der Waals surface area contributed by atoms with Gasteiger partial charge < -0.3 is 15.0 Å². The van der Waals surface area contributed by atoms with E-state index in [0.717, 1.165) is 51.8 Å². The van der Waals surface area contributed by atoms with Gasteiger partial charge in [-0.1, -0.05) is 0 Å². The molecule has 2 atom stereocenters. The van der Waals surface area contributed by atoms with Gasteiger partial charge in [-0.3, -0.25) is 9.89 Å². The van der Waals surface area contributed by atoms with E-state index in [1.165, 1.54) is 12.0 Å². The molecule has 7 heteroatoms. The van der Waals surface area contributed by atoms with Crippen LogP contribution in [0.3, 0.4) is 0 Å². The second kappa shape index (κ2) is 10.1. The maximum absolute atomic E-state index is 5.48. The van der Waals surface area contributed by atoms with Crippen LogP contribution in [0.2, 0.25) is 0 Å². The van der Waals surface area contributed by atoms with Crippen LogP contribution >= 0.6 is 35.3 Å². The van der Waals surface area contributed by atoms with Crippen molar-refractivity contribution in [1.82, 2.24) is 15.1 Å². The summed E-state index contributed by atoms with van der Waals surface area (Å²) in [4.78, 5) is 10.8. The molecule has 1 N–H and O–H groups in total. The smallest absolute Gasteiger partial charge is 0.193 e. The minimum Gasteiger partial charge on any atom is -0.381 e. The Labute approximate surface area is 172 Å². The van der Waals surface area contributed by atoms with Crippen LogP contribution < -0.4 is 5.32 Å². The molecule has 25 heavy (non-hydrogen) atoms. The number of thiophene rings is 1. The van der Waals surface area contributed by atoms with Crippen LogP contribution in [-0.4, -0.2) is 68.7 Å². The van der Waals surface area contributed by atoms with E-state index in [1.807, 2.05) is 18.4 Å². The molecule has 0 saturated carbocycles. The number of nitrogens with zero attached hydrogens (tertiary/aromatic N) is 3. The van der Waals surface area contributed by atoms with E-state index in [1.54, 1.807) is 4.88 Å². The van der Waals surface area contributed by atoms with Crippen LogP contribution in [0.4, 0.5) is 0 Å². The topological polar surface area (TPSA) is 40.1 Å². The number of hydrogen-bond acceptors (Lipinski definition) is 4. The first-order chi connectivity index (χ1) is 11.7. The molecule has 1 aromatic heterocycles. The van der Waals surface area contributed by atoms with Gasteiger partial charge in [-0.05, 0) is 36.8 Å². The van der Waals surface area contributed by atoms with Crippen LogP contribution in [0.5, 0.6) is 0 Å². The third kappa shape index (κ3) is 5.55. The van der Waals surface area contributed by atoms with Crippen molar-refractivity contribution >= 4 is 41.3 Å². The lowest BCUT2D eigenvalue weighted by Gasteiger charge is -2.33. The fraction of sp³-hybridized carbons (Fsp3) is 0.722. The van der Waals surface area contributed by atoms with Gasteiger partial charge in [-0.15, -0.1) is 35.3 Å². The molecule has 0 amide bonds. The van der Waals surface area contributed by atoms with E-state index < -0.39 is 0 Å². The van der Waals surface area contributed by atoms with E-state index in [-0.39, 0.29) is 24.0 Å². The SMILES string of the molecule is CN=C(NCC(C)N1CCc2sccc2C1)N(C)CC1CCOC1.I. The lowest BCUT2D eigenvalue weighted by atomic mass is 10.1. The highest BCUT2D eigenvalue weighted by atomic mass is 127. The molecule has 2 unspecified atom stereocenters. The van der Waals surface area contributed by atoms with Crippen molar-refractivity contribution in [1.29, 1.82) is 0 Å². The van der Waals surface area contributed by atoms with E-state index in [9.17, 15) is 0 Å². The number of ether oxygens (including phenoxy) is 1. The molecular weight excluding hydrogens is 447 g/mol. The van der Waals surface area contributed by atoms with Gasteiger partial charge in [0.2, 0.25) is 0 Å². The van der Waals surface area contributed by atoms with Gasteiger partial charge in [0.25, 0.3) is 0 Å². The highest BCUT2D eigenvalue weighted by Crippen LogP contribution is 2.25. The molecule has 0 radical (unpaired) electrons. The second-order valence-corrected chi connectivity index (χ2v) is 7.98. The van der Waals surface area contributed by atoms with Crippen molar-refractivity contribution in [3.63, 3.8) is 0 Å². The zero-order valence-corrected chi connectivity index (χ0v) is 18.7. The Morgan fingerprint density at radius 2 is 2.40 bits per heavy atom. The molecule has 1 fully saturated rings. The standard InChI is InChI=1S/C18H30N4OS.HI/c1-14(22-7-4-17-16(12-22)6-9-24-17)10-20-18(19-2)21(3)11-15-5-8-23-13-15;/h6,9,14-15H,4-5,7-8,10-13H2,1-3H3,(H,19,20);1H. The highest BCUT2D eigenvalue weighted by molar-refractivity contribution is 14.0. The van der Waals surface area contributed by atoms with E-state index in [0.29, 0.717) is 12.0 Å². The summed E-state index contributed by atoms with van der Waals surface area (Å²) in [6, 6.07) is 2.78. The Balaban J connectivity index is 0.00000225. The van der Waals surface area contributed by atoms with Gasteiger partial charge in [-0.25, -0.2) is 0 Å². The van der Waals surface area contributed by atoms with Gasteiger partial charge in [0, 0.05) is 63.7 Å². The molecule has 0 aliphatic carbocycles. The number of fused-ring (bicyclic) bond motifs is 1. The second-order valence-electron chi connectivity index (χ2n) is 6.98. The van der Waals surface area contributed by atoms with Crippen molar-refractivity contribution in [2.45, 2.75) is 32.4 Å². The minimum atomic E-state index is 0. The maximum atomic E-state index is 5.48. The van der Waals surface area contributed by atoms with Gasteiger partial charge in [0.05, 0.1) is 6.61 Å². The lowest BCUT2D eigenvalue weighted by Crippen LogP contribution is -2.48. The Hall–Kier alpha value is -0.380. The molecule has 142 valence electrons. The summed E-state index contributed by atoms with van der Waals surface area (Å²) in [5.74, 6) is 1.62. The zero-order chi connectivity index (χ0) is 16.9. The number of rotatable bonds is 5. The van der Waals surface area contributed by atoms with E-state index >= 15 is 0 Å². The van der Waals surface area contributed by atoms with Gasteiger partial charge >= 0.3 is 0 Å². The van der Waals surface area contributed by atoms with Crippen molar-refractivity contribution < 1.29 is 4.74 Å². The van der Waals surface area contributed by atoms with Gasteiger partial charge in [0.15, 0.2) is 5.96 Å². The minimum absolute atomic E-state index is 0. The summed E-state index contributed by atoms with van der Waals surface area (Å²) in [6.45, 7) is 8.27. The lowest BCUT2D eigenvalue weighted by molar-refractivity contribution is 0.180. The van der Waals surface area contributed by atoms with Crippen molar-refractivity contribution in [3.8, 4) is 0 Å². The normalized spacial score (nSPS) is 22.2. The number of guanidine groups is 1. The molecule has 1 aromatic rings. The summed E-state index contributed by atoms with van der Waals surface area (Å²) < 4.78 is 5.48. The first-order valence-corrected chi connectivity index (χ1v) is 9.84. The molecule has 2 aliphatic rings. The average Bonchev–Trinajstić information content (AvgIpc) is 3.25. The van der Waals surface area contributed by atoms with Crippen LogP contribution in [0.25, 0.3) is 0 Å². The molecule has 1 saturated heterocycles. The van der Waals surface area contributed by atoms with Crippen LogP contribution in [0.1, 0.15) is 23.8 Å².